The van der Waals surface area contributed by atoms with Gasteiger partial charge in [-0.2, -0.15) is 0 Å². The fraction of sp³-hybridized carbons (Fsp3) is 0.455. The molecule has 0 spiro atoms. The summed E-state index contributed by atoms with van der Waals surface area (Å²) in [6, 6.07) is 2.97. The number of hydrogen-bond donors (Lipinski definition) is 3. The van der Waals surface area contributed by atoms with E-state index in [1.807, 2.05) is 0 Å². The normalized spacial score (nSPS) is 16.9. The number of carboxylic acids is 1. The summed E-state index contributed by atoms with van der Waals surface area (Å²) in [5, 5.41) is 14.1. The van der Waals surface area contributed by atoms with Crippen LogP contribution in [0.4, 0.5) is 4.79 Å². The number of rotatable bonds is 4. The van der Waals surface area contributed by atoms with E-state index in [4.69, 9.17) is 9.52 Å². The Morgan fingerprint density at radius 3 is 2.71 bits per heavy atom. The Balaban J connectivity index is 1.83. The van der Waals surface area contributed by atoms with Crippen molar-refractivity contribution in [2.75, 3.05) is 0 Å². The zero-order valence-corrected chi connectivity index (χ0v) is 9.23. The molecule has 1 fully saturated rings. The third-order valence-electron chi connectivity index (χ3n) is 2.97. The highest BCUT2D eigenvalue weighted by Gasteiger charge is 2.45. The molecule has 1 saturated carbocycles. The molecule has 2 rings (SSSR count). The van der Waals surface area contributed by atoms with Crippen LogP contribution in [0.1, 0.15) is 25.0 Å². The van der Waals surface area contributed by atoms with Crippen molar-refractivity contribution in [3.8, 4) is 0 Å². The standard InChI is InChI=1S/C11H14N2O4/c14-9(15)11(4-2-5-11)13-10(16)12-7-8-3-1-6-17-8/h1,3,6H,2,4-5,7H2,(H,14,15)(H2,12,13,16). The van der Waals surface area contributed by atoms with Gasteiger partial charge in [-0.05, 0) is 31.4 Å². The summed E-state index contributed by atoms with van der Waals surface area (Å²) >= 11 is 0. The predicted octanol–water partition coefficient (Wildman–Crippen LogP) is 1.09. The van der Waals surface area contributed by atoms with Crippen LogP contribution in [0.25, 0.3) is 0 Å². The molecule has 1 aliphatic rings. The average Bonchev–Trinajstić information content (AvgIpc) is 2.72. The molecule has 6 nitrogen and oxygen atoms in total. The van der Waals surface area contributed by atoms with Gasteiger partial charge in [-0.25, -0.2) is 9.59 Å². The molecule has 0 aliphatic heterocycles. The van der Waals surface area contributed by atoms with E-state index in [2.05, 4.69) is 10.6 Å². The van der Waals surface area contributed by atoms with Crippen LogP contribution in [0, 0.1) is 0 Å². The first-order valence-corrected chi connectivity index (χ1v) is 5.44. The SMILES string of the molecule is O=C(NCc1ccco1)NC1(C(=O)O)CCC1. The molecule has 1 heterocycles. The quantitative estimate of drug-likeness (QED) is 0.732. The lowest BCUT2D eigenvalue weighted by Crippen LogP contribution is -2.61. The van der Waals surface area contributed by atoms with Crippen molar-refractivity contribution in [3.63, 3.8) is 0 Å². The largest absolute Gasteiger partial charge is 0.480 e. The number of amides is 2. The molecule has 1 aromatic rings. The fourth-order valence-electron chi connectivity index (χ4n) is 1.76. The minimum absolute atomic E-state index is 0.245. The Hall–Kier alpha value is -1.98. The van der Waals surface area contributed by atoms with E-state index < -0.39 is 17.5 Å². The van der Waals surface area contributed by atoms with Gasteiger partial charge in [0.15, 0.2) is 0 Å². The second-order valence-corrected chi connectivity index (χ2v) is 4.13. The van der Waals surface area contributed by atoms with Crippen LogP contribution in [0.15, 0.2) is 22.8 Å². The highest BCUT2D eigenvalue weighted by atomic mass is 16.4. The van der Waals surface area contributed by atoms with Crippen LogP contribution in [0.5, 0.6) is 0 Å². The number of carbonyl (C=O) groups excluding carboxylic acids is 1. The number of nitrogens with one attached hydrogen (secondary N) is 2. The zero-order chi connectivity index (χ0) is 12.3. The third kappa shape index (κ3) is 2.41. The van der Waals surface area contributed by atoms with Crippen LogP contribution in [-0.2, 0) is 11.3 Å². The van der Waals surface area contributed by atoms with Gasteiger partial charge in [-0.3, -0.25) is 0 Å². The van der Waals surface area contributed by atoms with Crippen molar-refractivity contribution in [3.05, 3.63) is 24.2 Å². The maximum atomic E-state index is 11.5. The van der Waals surface area contributed by atoms with Gasteiger partial charge in [0, 0.05) is 0 Å². The molecule has 0 atom stereocenters. The summed E-state index contributed by atoms with van der Waals surface area (Å²) in [7, 11) is 0. The van der Waals surface area contributed by atoms with Gasteiger partial charge in [-0.15, -0.1) is 0 Å². The van der Waals surface area contributed by atoms with E-state index in [0.717, 1.165) is 6.42 Å². The minimum atomic E-state index is -1.08. The maximum Gasteiger partial charge on any atom is 0.329 e. The van der Waals surface area contributed by atoms with Crippen molar-refractivity contribution >= 4 is 12.0 Å². The van der Waals surface area contributed by atoms with Crippen LogP contribution < -0.4 is 10.6 Å². The van der Waals surface area contributed by atoms with E-state index in [-0.39, 0.29) is 6.54 Å². The molecule has 0 radical (unpaired) electrons. The van der Waals surface area contributed by atoms with Gasteiger partial charge in [0.2, 0.25) is 0 Å². The van der Waals surface area contributed by atoms with E-state index >= 15 is 0 Å². The van der Waals surface area contributed by atoms with Gasteiger partial charge < -0.3 is 20.2 Å². The monoisotopic (exact) mass is 238 g/mol. The Kier molecular flexibility index (Phi) is 3.03. The Labute approximate surface area is 98.0 Å². The first kappa shape index (κ1) is 11.5. The predicted molar refractivity (Wildman–Crippen MR) is 58.3 cm³/mol. The first-order chi connectivity index (χ1) is 8.12. The molecule has 6 heteroatoms. The summed E-state index contributed by atoms with van der Waals surface area (Å²) in [5.41, 5.74) is -1.08. The summed E-state index contributed by atoms with van der Waals surface area (Å²) in [6.45, 7) is 0.245. The van der Waals surface area contributed by atoms with Gasteiger partial charge >= 0.3 is 12.0 Å². The second-order valence-electron chi connectivity index (χ2n) is 4.13. The van der Waals surface area contributed by atoms with Gasteiger partial charge in [0.1, 0.15) is 11.3 Å². The molecule has 2 amide bonds. The summed E-state index contributed by atoms with van der Waals surface area (Å²) < 4.78 is 5.04. The van der Waals surface area contributed by atoms with Gasteiger partial charge in [0.25, 0.3) is 0 Å². The van der Waals surface area contributed by atoms with Gasteiger partial charge in [0.05, 0.1) is 12.8 Å². The lowest BCUT2D eigenvalue weighted by atomic mass is 9.77. The Morgan fingerprint density at radius 2 is 2.24 bits per heavy atom. The van der Waals surface area contributed by atoms with Crippen molar-refractivity contribution in [1.82, 2.24) is 10.6 Å². The topological polar surface area (TPSA) is 91.6 Å². The number of carbonyl (C=O) groups is 2. The highest BCUT2D eigenvalue weighted by molar-refractivity contribution is 5.87. The van der Waals surface area contributed by atoms with Crippen LogP contribution in [0.2, 0.25) is 0 Å². The smallest absolute Gasteiger partial charge is 0.329 e. The number of urea groups is 1. The van der Waals surface area contributed by atoms with E-state index in [0.29, 0.717) is 18.6 Å². The van der Waals surface area contributed by atoms with Crippen LogP contribution in [0.3, 0.4) is 0 Å². The maximum absolute atomic E-state index is 11.5. The van der Waals surface area contributed by atoms with E-state index in [9.17, 15) is 9.59 Å². The van der Waals surface area contributed by atoms with Crippen molar-refractivity contribution in [2.24, 2.45) is 0 Å². The Bertz CT molecular complexity index is 409. The fourth-order valence-corrected chi connectivity index (χ4v) is 1.76. The number of carboxylic acid groups (broad SMARTS) is 1. The summed E-state index contributed by atoms with van der Waals surface area (Å²) in [6.07, 6.45) is 3.30. The summed E-state index contributed by atoms with van der Waals surface area (Å²) in [4.78, 5) is 22.5. The van der Waals surface area contributed by atoms with E-state index in [1.54, 1.807) is 12.1 Å². The third-order valence-corrected chi connectivity index (χ3v) is 2.97. The number of furan rings is 1. The second kappa shape index (κ2) is 4.48. The molecule has 1 aromatic heterocycles. The molecular formula is C11H14N2O4. The molecule has 0 unspecified atom stereocenters. The van der Waals surface area contributed by atoms with Gasteiger partial charge in [-0.1, -0.05) is 0 Å². The van der Waals surface area contributed by atoms with Crippen molar-refractivity contribution in [2.45, 2.75) is 31.3 Å². The van der Waals surface area contributed by atoms with Crippen LogP contribution >= 0.6 is 0 Å². The van der Waals surface area contributed by atoms with E-state index in [1.165, 1.54) is 6.26 Å². The van der Waals surface area contributed by atoms with Crippen molar-refractivity contribution in [1.29, 1.82) is 0 Å². The molecule has 3 N–H and O–H groups in total. The number of hydrogen-bond acceptors (Lipinski definition) is 3. The lowest BCUT2D eigenvalue weighted by molar-refractivity contribution is -0.148. The summed E-state index contributed by atoms with van der Waals surface area (Å²) in [5.74, 6) is -0.352. The molecule has 92 valence electrons. The molecular weight excluding hydrogens is 224 g/mol. The lowest BCUT2D eigenvalue weighted by Gasteiger charge is -2.38. The molecule has 1 aliphatic carbocycles. The molecule has 17 heavy (non-hydrogen) atoms. The first-order valence-electron chi connectivity index (χ1n) is 5.44. The highest BCUT2D eigenvalue weighted by Crippen LogP contribution is 2.31. The average molecular weight is 238 g/mol. The zero-order valence-electron chi connectivity index (χ0n) is 9.23. The number of aliphatic carboxylic acids is 1. The Morgan fingerprint density at radius 1 is 1.47 bits per heavy atom. The van der Waals surface area contributed by atoms with Crippen molar-refractivity contribution < 1.29 is 19.1 Å². The molecule has 0 bridgehead atoms. The van der Waals surface area contributed by atoms with Crippen LogP contribution in [-0.4, -0.2) is 22.6 Å². The minimum Gasteiger partial charge on any atom is -0.480 e. The molecule has 0 saturated heterocycles. The molecule has 0 aromatic carbocycles.